The third-order valence-corrected chi connectivity index (χ3v) is 3.53. The van der Waals surface area contributed by atoms with E-state index in [2.05, 4.69) is 4.90 Å². The topological polar surface area (TPSA) is 49.5 Å². The zero-order valence-corrected chi connectivity index (χ0v) is 10.8. The molecule has 1 aliphatic rings. The SMILES string of the molecule is NC(=S)CCCCN1CCCCCC1CO. The van der Waals surface area contributed by atoms with E-state index in [-0.39, 0.29) is 0 Å². The summed E-state index contributed by atoms with van der Waals surface area (Å²) < 4.78 is 0. The predicted molar refractivity (Wildman–Crippen MR) is 71.6 cm³/mol. The van der Waals surface area contributed by atoms with Crippen molar-refractivity contribution in [1.29, 1.82) is 0 Å². The van der Waals surface area contributed by atoms with E-state index in [1.165, 1.54) is 19.3 Å². The molecule has 1 atom stereocenters. The molecule has 1 heterocycles. The van der Waals surface area contributed by atoms with E-state index in [0.717, 1.165) is 38.8 Å². The second kappa shape index (κ2) is 7.98. The van der Waals surface area contributed by atoms with Gasteiger partial charge in [0.2, 0.25) is 0 Å². The molecule has 0 saturated carbocycles. The lowest BCUT2D eigenvalue weighted by atomic mass is 10.1. The lowest BCUT2D eigenvalue weighted by Crippen LogP contribution is -2.38. The van der Waals surface area contributed by atoms with Crippen LogP contribution in [0.1, 0.15) is 44.9 Å². The van der Waals surface area contributed by atoms with Crippen LogP contribution in [-0.4, -0.2) is 40.7 Å². The molecule has 94 valence electrons. The Bertz CT molecular complexity index is 211. The van der Waals surface area contributed by atoms with Gasteiger partial charge < -0.3 is 10.8 Å². The average molecular weight is 244 g/mol. The van der Waals surface area contributed by atoms with Crippen LogP contribution in [0.3, 0.4) is 0 Å². The van der Waals surface area contributed by atoms with Crippen LogP contribution in [0.4, 0.5) is 0 Å². The number of aliphatic hydroxyl groups excluding tert-OH is 1. The van der Waals surface area contributed by atoms with Crippen LogP contribution in [-0.2, 0) is 0 Å². The van der Waals surface area contributed by atoms with Crippen molar-refractivity contribution < 1.29 is 5.11 Å². The Kier molecular flexibility index (Phi) is 6.92. The minimum atomic E-state index is 0.301. The van der Waals surface area contributed by atoms with Crippen LogP contribution in [0, 0.1) is 0 Å². The Morgan fingerprint density at radius 3 is 2.81 bits per heavy atom. The number of hydrogen-bond acceptors (Lipinski definition) is 3. The summed E-state index contributed by atoms with van der Waals surface area (Å²) in [4.78, 5) is 3.06. The molecule has 0 radical (unpaired) electrons. The number of thiocarbonyl (C=S) groups is 1. The number of unbranched alkanes of at least 4 members (excludes halogenated alkanes) is 1. The fourth-order valence-electron chi connectivity index (χ4n) is 2.35. The molecule has 1 fully saturated rings. The summed E-state index contributed by atoms with van der Waals surface area (Å²) in [5.74, 6) is 0. The van der Waals surface area contributed by atoms with E-state index >= 15 is 0 Å². The van der Waals surface area contributed by atoms with Crippen LogP contribution in [0.15, 0.2) is 0 Å². The molecule has 1 unspecified atom stereocenters. The minimum absolute atomic E-state index is 0.301. The number of aliphatic hydroxyl groups is 1. The molecular weight excluding hydrogens is 220 g/mol. The summed E-state index contributed by atoms with van der Waals surface area (Å²) in [6, 6.07) is 0.382. The van der Waals surface area contributed by atoms with Crippen molar-refractivity contribution in [3.05, 3.63) is 0 Å². The summed E-state index contributed by atoms with van der Waals surface area (Å²) in [5, 5.41) is 9.35. The van der Waals surface area contributed by atoms with E-state index in [0.29, 0.717) is 17.6 Å². The molecule has 0 aromatic carbocycles. The second-order valence-electron chi connectivity index (χ2n) is 4.65. The second-order valence-corrected chi connectivity index (χ2v) is 5.17. The Morgan fingerprint density at radius 1 is 1.31 bits per heavy atom. The van der Waals surface area contributed by atoms with Gasteiger partial charge >= 0.3 is 0 Å². The lowest BCUT2D eigenvalue weighted by Gasteiger charge is -2.28. The summed E-state index contributed by atoms with van der Waals surface area (Å²) in [6.07, 6.45) is 8.04. The largest absolute Gasteiger partial charge is 0.395 e. The third-order valence-electron chi connectivity index (χ3n) is 3.33. The summed E-state index contributed by atoms with van der Waals surface area (Å²) in [7, 11) is 0. The molecule has 0 bridgehead atoms. The zero-order valence-electron chi connectivity index (χ0n) is 10.0. The lowest BCUT2D eigenvalue weighted by molar-refractivity contribution is 0.123. The van der Waals surface area contributed by atoms with Gasteiger partial charge in [-0.05, 0) is 45.2 Å². The predicted octanol–water partition coefficient (Wildman–Crippen LogP) is 1.68. The molecule has 1 rings (SSSR count). The van der Waals surface area contributed by atoms with Crippen LogP contribution in [0.25, 0.3) is 0 Å². The third kappa shape index (κ3) is 5.23. The first-order chi connectivity index (χ1) is 7.74. The first-order valence-corrected chi connectivity index (χ1v) is 6.78. The van der Waals surface area contributed by atoms with E-state index < -0.39 is 0 Å². The van der Waals surface area contributed by atoms with Crippen LogP contribution in [0.2, 0.25) is 0 Å². The highest BCUT2D eigenvalue weighted by atomic mass is 32.1. The summed E-state index contributed by atoms with van der Waals surface area (Å²) >= 11 is 4.86. The number of nitrogens with two attached hydrogens (primary N) is 1. The van der Waals surface area contributed by atoms with Crippen molar-refractivity contribution in [1.82, 2.24) is 4.90 Å². The maximum atomic E-state index is 9.35. The van der Waals surface area contributed by atoms with Gasteiger partial charge in [0, 0.05) is 6.04 Å². The number of likely N-dealkylation sites (tertiary alicyclic amines) is 1. The Balaban J connectivity index is 2.23. The molecule has 0 spiro atoms. The van der Waals surface area contributed by atoms with Crippen LogP contribution < -0.4 is 5.73 Å². The van der Waals surface area contributed by atoms with Crippen molar-refractivity contribution in [2.75, 3.05) is 19.7 Å². The van der Waals surface area contributed by atoms with Gasteiger partial charge in [-0.1, -0.05) is 25.1 Å². The van der Waals surface area contributed by atoms with Gasteiger partial charge in [0.05, 0.1) is 11.6 Å². The van der Waals surface area contributed by atoms with Gasteiger partial charge in [-0.2, -0.15) is 0 Å². The smallest absolute Gasteiger partial charge is 0.0727 e. The zero-order chi connectivity index (χ0) is 11.8. The van der Waals surface area contributed by atoms with Gasteiger partial charge in [0.15, 0.2) is 0 Å². The molecule has 0 aromatic heterocycles. The average Bonchev–Trinajstić information content (AvgIpc) is 2.48. The van der Waals surface area contributed by atoms with Crippen LogP contribution in [0.5, 0.6) is 0 Å². The molecule has 0 aliphatic carbocycles. The molecule has 3 N–H and O–H groups in total. The standard InChI is InChI=1S/C12H24N2OS/c13-12(16)7-3-5-9-14-8-4-1-2-6-11(14)10-15/h11,15H,1-10H2,(H2,13,16). The van der Waals surface area contributed by atoms with Crippen molar-refractivity contribution in [3.63, 3.8) is 0 Å². The molecule has 0 aromatic rings. The van der Waals surface area contributed by atoms with Gasteiger partial charge in [0.1, 0.15) is 0 Å². The van der Waals surface area contributed by atoms with E-state index in [1.54, 1.807) is 0 Å². The Labute approximate surface area is 104 Å². The number of nitrogens with zero attached hydrogens (tertiary/aromatic N) is 1. The highest BCUT2D eigenvalue weighted by Crippen LogP contribution is 2.17. The molecule has 4 heteroatoms. The maximum Gasteiger partial charge on any atom is 0.0727 e. The van der Waals surface area contributed by atoms with E-state index in [1.807, 2.05) is 0 Å². The molecule has 1 saturated heterocycles. The van der Waals surface area contributed by atoms with E-state index in [4.69, 9.17) is 18.0 Å². The Morgan fingerprint density at radius 2 is 2.12 bits per heavy atom. The quantitative estimate of drug-likeness (QED) is 0.551. The minimum Gasteiger partial charge on any atom is -0.395 e. The molecular formula is C12H24N2OS. The van der Waals surface area contributed by atoms with Crippen molar-refractivity contribution >= 4 is 17.2 Å². The fraction of sp³-hybridized carbons (Fsp3) is 0.917. The highest BCUT2D eigenvalue weighted by molar-refractivity contribution is 7.80. The Hall–Kier alpha value is -0.190. The normalized spacial score (nSPS) is 22.9. The molecule has 3 nitrogen and oxygen atoms in total. The molecule has 0 amide bonds. The fourth-order valence-corrected chi connectivity index (χ4v) is 2.50. The van der Waals surface area contributed by atoms with Gasteiger partial charge in [-0.15, -0.1) is 0 Å². The monoisotopic (exact) mass is 244 g/mol. The van der Waals surface area contributed by atoms with Crippen LogP contribution >= 0.6 is 12.2 Å². The van der Waals surface area contributed by atoms with Crippen molar-refractivity contribution in [2.24, 2.45) is 5.73 Å². The van der Waals surface area contributed by atoms with Gasteiger partial charge in [0.25, 0.3) is 0 Å². The maximum absolute atomic E-state index is 9.35. The molecule has 16 heavy (non-hydrogen) atoms. The van der Waals surface area contributed by atoms with Gasteiger partial charge in [-0.25, -0.2) is 0 Å². The molecule has 1 aliphatic heterocycles. The first-order valence-electron chi connectivity index (χ1n) is 6.37. The summed E-state index contributed by atoms with van der Waals surface area (Å²) in [5.41, 5.74) is 5.47. The van der Waals surface area contributed by atoms with Crippen molar-refractivity contribution in [2.45, 2.75) is 51.0 Å². The summed E-state index contributed by atoms with van der Waals surface area (Å²) in [6.45, 7) is 2.52. The number of hydrogen-bond donors (Lipinski definition) is 2. The van der Waals surface area contributed by atoms with E-state index in [9.17, 15) is 5.11 Å². The first kappa shape index (κ1) is 13.9. The van der Waals surface area contributed by atoms with Gasteiger partial charge in [-0.3, -0.25) is 4.90 Å². The van der Waals surface area contributed by atoms with Crippen molar-refractivity contribution in [3.8, 4) is 0 Å². The number of rotatable bonds is 6. The highest BCUT2D eigenvalue weighted by Gasteiger charge is 2.19.